The lowest BCUT2D eigenvalue weighted by Gasteiger charge is -2.18. The molecule has 0 fully saturated rings. The number of thiazole rings is 1. The first-order valence-corrected chi connectivity index (χ1v) is 11.2. The predicted octanol–water partition coefficient (Wildman–Crippen LogP) is 4.23. The van der Waals surface area contributed by atoms with Crippen molar-refractivity contribution in [2.75, 3.05) is 13.2 Å². The van der Waals surface area contributed by atoms with Crippen LogP contribution in [0.3, 0.4) is 0 Å². The second kappa shape index (κ2) is 8.70. The van der Waals surface area contributed by atoms with E-state index in [4.69, 9.17) is 4.74 Å². The van der Waals surface area contributed by atoms with Crippen molar-refractivity contribution in [2.24, 2.45) is 0 Å². The van der Waals surface area contributed by atoms with Gasteiger partial charge in [-0.2, -0.15) is 0 Å². The molecule has 1 aliphatic rings. The predicted molar refractivity (Wildman–Crippen MR) is 124 cm³/mol. The van der Waals surface area contributed by atoms with Crippen molar-refractivity contribution in [1.29, 1.82) is 0 Å². The summed E-state index contributed by atoms with van der Waals surface area (Å²) in [4.78, 5) is 16.6. The maximum Gasteiger partial charge on any atom is 0.407 e. The molecule has 1 aromatic heterocycles. The van der Waals surface area contributed by atoms with Crippen LogP contribution in [0.2, 0.25) is 0 Å². The van der Waals surface area contributed by atoms with Crippen molar-refractivity contribution < 1.29 is 19.7 Å². The molecule has 1 amide bonds. The smallest absolute Gasteiger partial charge is 0.407 e. The van der Waals surface area contributed by atoms with Crippen LogP contribution in [0, 0.1) is 0 Å². The SMILES string of the molecule is O=C(NCC(O)C(O)c1nc2ccccc2s1)OCC1c2ccccc2-c2ccccc21. The van der Waals surface area contributed by atoms with E-state index in [9.17, 15) is 15.0 Å². The number of aliphatic hydroxyl groups excluding tert-OH is 2. The van der Waals surface area contributed by atoms with Crippen LogP contribution in [-0.2, 0) is 4.74 Å². The maximum absolute atomic E-state index is 12.3. The fourth-order valence-corrected chi connectivity index (χ4v) is 5.14. The number of ether oxygens (including phenoxy) is 1. The number of para-hydroxylation sites is 1. The van der Waals surface area contributed by atoms with Gasteiger partial charge in [0.1, 0.15) is 23.8 Å². The van der Waals surface area contributed by atoms with Gasteiger partial charge in [-0.15, -0.1) is 11.3 Å². The number of aromatic nitrogens is 1. The minimum Gasteiger partial charge on any atom is -0.449 e. The molecule has 2 atom stereocenters. The number of hydrogen-bond acceptors (Lipinski definition) is 6. The fourth-order valence-electron chi connectivity index (χ4n) is 4.13. The van der Waals surface area contributed by atoms with Crippen molar-refractivity contribution in [1.82, 2.24) is 10.3 Å². The molecule has 0 aliphatic heterocycles. The zero-order valence-electron chi connectivity index (χ0n) is 17.1. The first kappa shape index (κ1) is 20.6. The van der Waals surface area contributed by atoms with Crippen LogP contribution in [0.4, 0.5) is 4.79 Å². The van der Waals surface area contributed by atoms with E-state index in [0.29, 0.717) is 5.01 Å². The topological polar surface area (TPSA) is 91.7 Å². The molecule has 32 heavy (non-hydrogen) atoms. The summed E-state index contributed by atoms with van der Waals surface area (Å²) in [5, 5.41) is 23.7. The molecular weight excluding hydrogens is 424 g/mol. The van der Waals surface area contributed by atoms with Crippen molar-refractivity contribution in [3.05, 3.63) is 88.9 Å². The largest absolute Gasteiger partial charge is 0.449 e. The van der Waals surface area contributed by atoms with Crippen molar-refractivity contribution in [2.45, 2.75) is 18.1 Å². The fraction of sp³-hybridized carbons (Fsp3) is 0.200. The molecule has 6 nitrogen and oxygen atoms in total. The number of carbonyl (C=O) groups excluding carboxylic acids is 1. The molecule has 7 heteroatoms. The Hall–Kier alpha value is -3.26. The molecule has 0 saturated heterocycles. The monoisotopic (exact) mass is 446 g/mol. The molecule has 3 aromatic carbocycles. The molecule has 0 saturated carbocycles. The second-order valence-corrected chi connectivity index (χ2v) is 8.80. The summed E-state index contributed by atoms with van der Waals surface area (Å²) < 4.78 is 6.40. The zero-order valence-corrected chi connectivity index (χ0v) is 18.0. The van der Waals surface area contributed by atoms with Crippen LogP contribution in [0.1, 0.15) is 28.2 Å². The molecule has 5 rings (SSSR count). The quantitative estimate of drug-likeness (QED) is 0.412. The lowest BCUT2D eigenvalue weighted by molar-refractivity contribution is 0.0185. The lowest BCUT2D eigenvalue weighted by atomic mass is 9.98. The number of amides is 1. The minimum atomic E-state index is -1.20. The van der Waals surface area contributed by atoms with E-state index in [1.54, 1.807) is 0 Å². The highest BCUT2D eigenvalue weighted by Gasteiger charge is 2.29. The number of benzene rings is 3. The van der Waals surface area contributed by atoms with E-state index < -0.39 is 18.3 Å². The molecule has 3 N–H and O–H groups in total. The summed E-state index contributed by atoms with van der Waals surface area (Å²) in [7, 11) is 0. The standard InChI is InChI=1S/C25H22N2O4S/c28-21(23(29)24-27-20-11-5-6-12-22(20)32-24)13-26-25(30)31-14-19-17-9-3-1-7-15(17)16-8-2-4-10-18(16)19/h1-12,19,21,23,28-29H,13-14H2,(H,26,30). The number of rotatable bonds is 6. The number of alkyl carbamates (subject to hydrolysis) is 1. The number of hydrogen-bond donors (Lipinski definition) is 3. The Morgan fingerprint density at radius 3 is 2.28 bits per heavy atom. The number of carbonyl (C=O) groups is 1. The van der Waals surface area contributed by atoms with E-state index in [1.165, 1.54) is 11.3 Å². The molecule has 2 unspecified atom stereocenters. The Labute approximate surface area is 189 Å². The average Bonchev–Trinajstić information content (AvgIpc) is 3.40. The van der Waals surface area contributed by atoms with Gasteiger partial charge in [-0.05, 0) is 34.4 Å². The molecule has 4 aromatic rings. The van der Waals surface area contributed by atoms with Gasteiger partial charge in [0.2, 0.25) is 0 Å². The number of aliphatic hydroxyl groups is 2. The molecular formula is C25H22N2O4S. The van der Waals surface area contributed by atoms with Gasteiger partial charge in [0.05, 0.1) is 10.2 Å². The zero-order chi connectivity index (χ0) is 22.1. The number of nitrogens with zero attached hydrogens (tertiary/aromatic N) is 1. The van der Waals surface area contributed by atoms with Crippen molar-refractivity contribution in [3.63, 3.8) is 0 Å². The Morgan fingerprint density at radius 1 is 0.969 bits per heavy atom. The number of nitrogens with one attached hydrogen (secondary N) is 1. The van der Waals surface area contributed by atoms with Gasteiger partial charge in [-0.1, -0.05) is 60.7 Å². The van der Waals surface area contributed by atoms with Crippen LogP contribution in [0.15, 0.2) is 72.8 Å². The third-order valence-corrected chi connectivity index (χ3v) is 6.83. The Morgan fingerprint density at radius 2 is 1.59 bits per heavy atom. The summed E-state index contributed by atoms with van der Waals surface area (Å²) >= 11 is 1.32. The highest BCUT2D eigenvalue weighted by Crippen LogP contribution is 2.44. The molecule has 0 bridgehead atoms. The van der Waals surface area contributed by atoms with Gasteiger partial charge in [0, 0.05) is 12.5 Å². The lowest BCUT2D eigenvalue weighted by Crippen LogP contribution is -2.36. The highest BCUT2D eigenvalue weighted by molar-refractivity contribution is 7.18. The van der Waals surface area contributed by atoms with Crippen LogP contribution < -0.4 is 5.32 Å². The van der Waals surface area contributed by atoms with Crippen molar-refractivity contribution in [3.8, 4) is 11.1 Å². The Kier molecular flexibility index (Phi) is 5.61. The van der Waals surface area contributed by atoms with Crippen molar-refractivity contribution >= 4 is 27.6 Å². The Bertz CT molecular complexity index is 1190. The van der Waals surface area contributed by atoms with Crippen LogP contribution in [-0.4, -0.2) is 40.5 Å². The van der Waals surface area contributed by atoms with Gasteiger partial charge in [0.15, 0.2) is 0 Å². The average molecular weight is 447 g/mol. The molecule has 1 aliphatic carbocycles. The highest BCUT2D eigenvalue weighted by atomic mass is 32.1. The summed E-state index contributed by atoms with van der Waals surface area (Å²) in [6, 6.07) is 23.8. The normalized spacial score (nSPS) is 14.6. The molecule has 1 heterocycles. The maximum atomic E-state index is 12.3. The second-order valence-electron chi connectivity index (χ2n) is 7.74. The van der Waals surface area contributed by atoms with Gasteiger partial charge in [-0.3, -0.25) is 0 Å². The van der Waals surface area contributed by atoms with E-state index in [2.05, 4.69) is 34.6 Å². The van der Waals surface area contributed by atoms with Crippen LogP contribution in [0.25, 0.3) is 21.3 Å². The summed E-state index contributed by atoms with van der Waals surface area (Å²) in [5.74, 6) is -0.0357. The first-order valence-electron chi connectivity index (χ1n) is 10.4. The molecule has 0 radical (unpaired) electrons. The summed E-state index contributed by atoms with van der Waals surface area (Å²) in [5.41, 5.74) is 5.35. The van der Waals surface area contributed by atoms with Gasteiger partial charge in [-0.25, -0.2) is 9.78 Å². The van der Waals surface area contributed by atoms with E-state index in [1.807, 2.05) is 48.5 Å². The molecule has 0 spiro atoms. The Balaban J connectivity index is 1.18. The van der Waals surface area contributed by atoms with Crippen LogP contribution in [0.5, 0.6) is 0 Å². The van der Waals surface area contributed by atoms with E-state index in [-0.39, 0.29) is 19.1 Å². The third-order valence-electron chi connectivity index (χ3n) is 5.73. The summed E-state index contributed by atoms with van der Waals surface area (Å²) in [6.45, 7) is 0.0458. The molecule has 162 valence electrons. The van der Waals surface area contributed by atoms with Gasteiger partial charge in [0.25, 0.3) is 0 Å². The summed E-state index contributed by atoms with van der Waals surface area (Å²) in [6.07, 6.45) is -3.03. The van der Waals surface area contributed by atoms with E-state index >= 15 is 0 Å². The van der Waals surface area contributed by atoms with E-state index in [0.717, 1.165) is 32.5 Å². The minimum absolute atomic E-state index is 0.0357. The van der Waals surface area contributed by atoms with Gasteiger partial charge >= 0.3 is 6.09 Å². The third kappa shape index (κ3) is 3.86. The first-order chi connectivity index (χ1) is 15.6. The van der Waals surface area contributed by atoms with Crippen LogP contribution >= 0.6 is 11.3 Å². The van der Waals surface area contributed by atoms with Gasteiger partial charge < -0.3 is 20.3 Å². The number of fused-ring (bicyclic) bond motifs is 4.